The molecule has 2 aromatic rings. The summed E-state index contributed by atoms with van der Waals surface area (Å²) >= 11 is 5.98. The summed E-state index contributed by atoms with van der Waals surface area (Å²) in [4.78, 5) is 0. The van der Waals surface area contributed by atoms with Crippen LogP contribution in [0.4, 0.5) is 0 Å². The van der Waals surface area contributed by atoms with Gasteiger partial charge >= 0.3 is 0 Å². The van der Waals surface area contributed by atoms with Gasteiger partial charge in [-0.05, 0) is 12.1 Å². The maximum absolute atomic E-state index is 9.99. The molecule has 108 valence electrons. The van der Waals surface area contributed by atoms with Crippen LogP contribution in [0.2, 0.25) is 5.02 Å². The van der Waals surface area contributed by atoms with Crippen molar-refractivity contribution in [2.75, 3.05) is 13.7 Å². The SMILES string of the molecule is COc1cc(Cl)cc(CNCCc2ccn(C)n2)c1O. The fraction of sp³-hybridized carbons (Fsp3) is 0.357. The fourth-order valence-electron chi connectivity index (χ4n) is 1.95. The van der Waals surface area contributed by atoms with E-state index in [0.29, 0.717) is 17.3 Å². The zero-order chi connectivity index (χ0) is 14.5. The molecular weight excluding hydrogens is 278 g/mol. The van der Waals surface area contributed by atoms with Crippen LogP contribution in [0.1, 0.15) is 11.3 Å². The summed E-state index contributed by atoms with van der Waals surface area (Å²) in [5.41, 5.74) is 1.75. The minimum Gasteiger partial charge on any atom is -0.504 e. The number of hydrogen-bond donors (Lipinski definition) is 2. The van der Waals surface area contributed by atoms with E-state index >= 15 is 0 Å². The van der Waals surface area contributed by atoms with E-state index in [1.165, 1.54) is 7.11 Å². The number of benzene rings is 1. The van der Waals surface area contributed by atoms with Crippen LogP contribution in [0.5, 0.6) is 11.5 Å². The molecule has 0 fully saturated rings. The Morgan fingerprint density at radius 2 is 2.25 bits per heavy atom. The number of aromatic hydroxyl groups is 1. The van der Waals surface area contributed by atoms with Gasteiger partial charge in [0.05, 0.1) is 12.8 Å². The van der Waals surface area contributed by atoms with Crippen LogP contribution >= 0.6 is 11.6 Å². The van der Waals surface area contributed by atoms with E-state index in [9.17, 15) is 5.11 Å². The van der Waals surface area contributed by atoms with Gasteiger partial charge in [-0.15, -0.1) is 0 Å². The molecule has 0 bridgehead atoms. The molecule has 0 unspecified atom stereocenters. The van der Waals surface area contributed by atoms with E-state index in [0.717, 1.165) is 24.2 Å². The number of nitrogens with zero attached hydrogens (tertiary/aromatic N) is 2. The van der Waals surface area contributed by atoms with Crippen LogP contribution in [0.3, 0.4) is 0 Å². The second-order valence-corrected chi connectivity index (χ2v) is 4.96. The topological polar surface area (TPSA) is 59.3 Å². The summed E-state index contributed by atoms with van der Waals surface area (Å²) < 4.78 is 6.85. The molecule has 0 aliphatic heterocycles. The summed E-state index contributed by atoms with van der Waals surface area (Å²) in [7, 11) is 3.40. The zero-order valence-corrected chi connectivity index (χ0v) is 12.3. The van der Waals surface area contributed by atoms with Gasteiger partial charge in [0.1, 0.15) is 0 Å². The molecule has 0 spiro atoms. The lowest BCUT2D eigenvalue weighted by atomic mass is 10.2. The highest BCUT2D eigenvalue weighted by Gasteiger charge is 2.09. The Hall–Kier alpha value is -1.72. The molecule has 1 aromatic heterocycles. The van der Waals surface area contributed by atoms with E-state index < -0.39 is 0 Å². The quantitative estimate of drug-likeness (QED) is 0.802. The summed E-state index contributed by atoms with van der Waals surface area (Å²) in [6.07, 6.45) is 2.75. The lowest BCUT2D eigenvalue weighted by molar-refractivity contribution is 0.369. The van der Waals surface area contributed by atoms with Gasteiger partial charge in [0.15, 0.2) is 11.5 Å². The molecule has 0 saturated carbocycles. The monoisotopic (exact) mass is 295 g/mol. The van der Waals surface area contributed by atoms with E-state index in [-0.39, 0.29) is 5.75 Å². The van der Waals surface area contributed by atoms with E-state index in [1.807, 2.05) is 19.3 Å². The maximum Gasteiger partial charge on any atom is 0.162 e. The Kier molecular flexibility index (Phi) is 4.87. The molecule has 2 N–H and O–H groups in total. The molecular formula is C14H18ClN3O2. The fourth-order valence-corrected chi connectivity index (χ4v) is 2.19. The molecule has 5 nitrogen and oxygen atoms in total. The lowest BCUT2D eigenvalue weighted by Crippen LogP contribution is -2.17. The first kappa shape index (κ1) is 14.7. The second-order valence-electron chi connectivity index (χ2n) is 4.52. The summed E-state index contributed by atoms with van der Waals surface area (Å²) in [6, 6.07) is 5.31. The van der Waals surface area contributed by atoms with Crippen LogP contribution < -0.4 is 10.1 Å². The minimum atomic E-state index is 0.127. The molecule has 0 aliphatic rings. The van der Waals surface area contributed by atoms with Crippen molar-refractivity contribution in [3.8, 4) is 11.5 Å². The van der Waals surface area contributed by atoms with Gasteiger partial charge in [-0.3, -0.25) is 4.68 Å². The van der Waals surface area contributed by atoms with Crippen LogP contribution in [-0.2, 0) is 20.0 Å². The number of hydrogen-bond acceptors (Lipinski definition) is 4. The van der Waals surface area contributed by atoms with Crippen molar-refractivity contribution in [1.29, 1.82) is 0 Å². The van der Waals surface area contributed by atoms with Crippen LogP contribution in [0.25, 0.3) is 0 Å². The van der Waals surface area contributed by atoms with Gasteiger partial charge in [-0.25, -0.2) is 0 Å². The van der Waals surface area contributed by atoms with Crippen molar-refractivity contribution in [3.63, 3.8) is 0 Å². The first-order valence-corrected chi connectivity index (χ1v) is 6.72. The van der Waals surface area contributed by atoms with E-state index in [1.54, 1.807) is 16.8 Å². The first-order valence-electron chi connectivity index (χ1n) is 6.34. The maximum atomic E-state index is 9.99. The number of halogens is 1. The van der Waals surface area contributed by atoms with Gasteiger partial charge in [0.2, 0.25) is 0 Å². The Balaban J connectivity index is 1.89. The predicted molar refractivity (Wildman–Crippen MR) is 78.3 cm³/mol. The Morgan fingerprint density at radius 1 is 1.45 bits per heavy atom. The number of methoxy groups -OCH3 is 1. The smallest absolute Gasteiger partial charge is 0.162 e. The molecule has 1 aromatic carbocycles. The number of ether oxygens (including phenoxy) is 1. The van der Waals surface area contributed by atoms with Gasteiger partial charge in [0.25, 0.3) is 0 Å². The molecule has 6 heteroatoms. The minimum absolute atomic E-state index is 0.127. The van der Waals surface area contributed by atoms with Crippen LogP contribution in [0.15, 0.2) is 24.4 Å². The average Bonchev–Trinajstić information content (AvgIpc) is 2.83. The first-order chi connectivity index (χ1) is 9.60. The predicted octanol–water partition coefficient (Wildman–Crippen LogP) is 2.12. The molecule has 20 heavy (non-hydrogen) atoms. The van der Waals surface area contributed by atoms with Crippen molar-refractivity contribution in [1.82, 2.24) is 15.1 Å². The van der Waals surface area contributed by atoms with Crippen LogP contribution in [0, 0.1) is 0 Å². The van der Waals surface area contributed by atoms with Crippen molar-refractivity contribution >= 4 is 11.6 Å². The van der Waals surface area contributed by atoms with Crippen molar-refractivity contribution < 1.29 is 9.84 Å². The molecule has 0 aliphatic carbocycles. The Labute approximate surface area is 123 Å². The number of aryl methyl sites for hydroxylation is 1. The third-order valence-electron chi connectivity index (χ3n) is 2.98. The molecule has 0 radical (unpaired) electrons. The zero-order valence-electron chi connectivity index (χ0n) is 11.6. The van der Waals surface area contributed by atoms with Gasteiger partial charge < -0.3 is 15.2 Å². The third kappa shape index (κ3) is 3.65. The number of phenols is 1. The normalized spacial score (nSPS) is 10.8. The number of rotatable bonds is 6. The summed E-state index contributed by atoms with van der Waals surface area (Å²) in [5, 5.41) is 18.1. The molecule has 2 rings (SSSR count). The number of aromatic nitrogens is 2. The molecule has 0 amide bonds. The van der Waals surface area contributed by atoms with Crippen molar-refractivity contribution in [2.24, 2.45) is 7.05 Å². The standard InChI is InChI=1S/C14H18ClN3O2/c1-18-6-4-12(17-18)3-5-16-9-10-7-11(15)8-13(20-2)14(10)19/h4,6-8,16,19H,3,5,9H2,1-2H3. The van der Waals surface area contributed by atoms with E-state index in [2.05, 4.69) is 10.4 Å². The molecule has 0 atom stereocenters. The van der Waals surface area contributed by atoms with Crippen molar-refractivity contribution in [3.05, 3.63) is 40.7 Å². The van der Waals surface area contributed by atoms with Gasteiger partial charge in [0, 0.05) is 49.4 Å². The highest BCUT2D eigenvalue weighted by Crippen LogP contribution is 2.33. The molecule has 0 saturated heterocycles. The van der Waals surface area contributed by atoms with Gasteiger partial charge in [-0.1, -0.05) is 11.6 Å². The van der Waals surface area contributed by atoms with Gasteiger partial charge in [-0.2, -0.15) is 5.10 Å². The summed E-state index contributed by atoms with van der Waals surface area (Å²) in [6.45, 7) is 1.29. The Bertz CT molecular complexity index is 584. The second kappa shape index (κ2) is 6.63. The number of nitrogens with one attached hydrogen (secondary N) is 1. The third-order valence-corrected chi connectivity index (χ3v) is 3.20. The van der Waals surface area contributed by atoms with E-state index in [4.69, 9.17) is 16.3 Å². The average molecular weight is 296 g/mol. The van der Waals surface area contributed by atoms with Crippen molar-refractivity contribution in [2.45, 2.75) is 13.0 Å². The molecule has 1 heterocycles. The largest absolute Gasteiger partial charge is 0.504 e. The lowest BCUT2D eigenvalue weighted by Gasteiger charge is -2.10. The summed E-state index contributed by atoms with van der Waals surface area (Å²) in [5.74, 6) is 0.515. The highest BCUT2D eigenvalue weighted by molar-refractivity contribution is 6.30. The highest BCUT2D eigenvalue weighted by atomic mass is 35.5. The van der Waals surface area contributed by atoms with Crippen LogP contribution in [-0.4, -0.2) is 28.5 Å². The number of phenolic OH excluding ortho intramolecular Hbond substituents is 1. The Morgan fingerprint density at radius 3 is 2.90 bits per heavy atom.